The number of ether oxygens (including phenoxy) is 1. The van der Waals surface area contributed by atoms with Crippen molar-refractivity contribution in [3.63, 3.8) is 0 Å². The summed E-state index contributed by atoms with van der Waals surface area (Å²) in [6, 6.07) is 0. The first-order valence-electron chi connectivity index (χ1n) is 19.0. The van der Waals surface area contributed by atoms with Gasteiger partial charge in [0.05, 0.1) is 11.2 Å². The van der Waals surface area contributed by atoms with Crippen molar-refractivity contribution >= 4 is 11.8 Å². The van der Waals surface area contributed by atoms with E-state index in [0.717, 1.165) is 83.5 Å². The van der Waals surface area contributed by atoms with Gasteiger partial charge >= 0.3 is 5.97 Å². The van der Waals surface area contributed by atoms with Crippen LogP contribution < -0.4 is 0 Å². The Morgan fingerprint density at radius 2 is 1.36 bits per heavy atom. The second kappa shape index (κ2) is 16.6. The van der Waals surface area contributed by atoms with Crippen molar-refractivity contribution in [2.45, 2.75) is 170 Å². The van der Waals surface area contributed by atoms with Crippen LogP contribution in [0.3, 0.4) is 0 Å². The minimum Gasteiger partial charge on any atom is -0.462 e. The molecule has 266 valence electrons. The molecule has 4 rings (SSSR count). The third kappa shape index (κ3) is 9.18. The summed E-state index contributed by atoms with van der Waals surface area (Å²) in [5.41, 5.74) is 1.92. The molecule has 5 heteroatoms. The van der Waals surface area contributed by atoms with Crippen LogP contribution in [0, 0.1) is 34.5 Å². The third-order valence-corrected chi connectivity index (χ3v) is 12.9. The fraction of sp³-hybridized carbons (Fsp3) is 0.762. The largest absolute Gasteiger partial charge is 0.462 e. The molecule has 0 heterocycles. The quantitative estimate of drug-likeness (QED) is 0.153. The van der Waals surface area contributed by atoms with Gasteiger partial charge < -0.3 is 14.9 Å². The number of rotatable bonds is 13. The number of carbonyl (C=O) groups is 2. The molecule has 0 radical (unpaired) electrons. The number of esters is 1. The molecule has 2 saturated carbocycles. The molecule has 4 aliphatic rings. The average molecular weight is 653 g/mol. The lowest BCUT2D eigenvalue weighted by Gasteiger charge is -2.44. The molecule has 2 N–H and O–H groups in total. The number of carbonyl (C=O) groups excluding carboxylic acids is 2. The fourth-order valence-corrected chi connectivity index (χ4v) is 9.36. The smallest absolute Gasteiger partial charge is 0.302 e. The molecule has 0 aromatic carbocycles. The van der Waals surface area contributed by atoms with Gasteiger partial charge in [-0.2, -0.15) is 0 Å². The molecule has 0 aromatic rings. The van der Waals surface area contributed by atoms with E-state index in [4.69, 9.17) is 4.74 Å². The van der Waals surface area contributed by atoms with E-state index < -0.39 is 11.2 Å². The van der Waals surface area contributed by atoms with Crippen molar-refractivity contribution in [2.75, 3.05) is 0 Å². The van der Waals surface area contributed by atoms with Crippen molar-refractivity contribution in [1.82, 2.24) is 0 Å². The molecule has 0 aromatic heterocycles. The number of allylic oxidation sites excluding steroid dienone is 6. The number of ketones is 1. The number of fused-ring (bicyclic) bond motifs is 2. The molecule has 47 heavy (non-hydrogen) atoms. The van der Waals surface area contributed by atoms with Gasteiger partial charge in [-0.15, -0.1) is 0 Å². The highest BCUT2D eigenvalue weighted by Gasteiger charge is 2.50. The topological polar surface area (TPSA) is 83.8 Å². The Morgan fingerprint density at radius 3 is 1.87 bits per heavy atom. The van der Waals surface area contributed by atoms with Gasteiger partial charge in [0.15, 0.2) is 0 Å². The number of hydrogen-bond acceptors (Lipinski definition) is 5. The highest BCUT2D eigenvalue weighted by Crippen LogP contribution is 2.56. The Labute approximate surface area is 287 Å². The maximum atomic E-state index is 12.2. The molecule has 0 spiro atoms. The Morgan fingerprint density at radius 1 is 0.872 bits per heavy atom. The van der Waals surface area contributed by atoms with Crippen LogP contribution in [0.15, 0.2) is 47.6 Å². The summed E-state index contributed by atoms with van der Waals surface area (Å²) < 4.78 is 5.63. The van der Waals surface area contributed by atoms with Crippen LogP contribution in [0.2, 0.25) is 0 Å². The predicted octanol–water partition coefficient (Wildman–Crippen LogP) is 10.0. The van der Waals surface area contributed by atoms with E-state index in [2.05, 4.69) is 52.0 Å². The van der Waals surface area contributed by atoms with Crippen molar-refractivity contribution in [2.24, 2.45) is 34.5 Å². The van der Waals surface area contributed by atoms with Crippen LogP contribution in [0.4, 0.5) is 0 Å². The normalized spacial score (nSPS) is 30.7. The molecule has 0 saturated heterocycles. The van der Waals surface area contributed by atoms with Crippen molar-refractivity contribution < 1.29 is 24.5 Å². The SMILES string of the molecule is CCC(O)(/C=C/C[C@H](C)C1=CCC2C(=O)CCC[C@]12C)CC.CCC(O)(/C=C/C[C@H](C)C1=CCC2[C@@H](OC(C)=O)CCC[C@]12C)CC. The predicted molar refractivity (Wildman–Crippen MR) is 194 cm³/mol. The van der Waals surface area contributed by atoms with Crippen LogP contribution in [0.1, 0.15) is 152 Å². The second-order valence-corrected chi connectivity index (χ2v) is 15.8. The molecule has 2 fully saturated rings. The van der Waals surface area contributed by atoms with Gasteiger partial charge in [-0.1, -0.05) is 103 Å². The van der Waals surface area contributed by atoms with E-state index in [1.807, 2.05) is 39.8 Å². The molecule has 7 atom stereocenters. The number of aliphatic hydroxyl groups is 2. The van der Waals surface area contributed by atoms with Crippen molar-refractivity contribution in [3.05, 3.63) is 47.6 Å². The minimum absolute atomic E-state index is 0.0676. The van der Waals surface area contributed by atoms with Crippen LogP contribution in [-0.2, 0) is 14.3 Å². The first-order chi connectivity index (χ1) is 22.1. The van der Waals surface area contributed by atoms with E-state index in [1.165, 1.54) is 24.5 Å². The van der Waals surface area contributed by atoms with E-state index in [-0.39, 0.29) is 28.8 Å². The second-order valence-electron chi connectivity index (χ2n) is 15.8. The lowest BCUT2D eigenvalue weighted by molar-refractivity contribution is -0.153. The summed E-state index contributed by atoms with van der Waals surface area (Å²) in [7, 11) is 0. The molecule has 2 unspecified atom stereocenters. The van der Waals surface area contributed by atoms with Crippen LogP contribution in [-0.4, -0.2) is 39.3 Å². The summed E-state index contributed by atoms with van der Waals surface area (Å²) in [6.45, 7) is 18.8. The summed E-state index contributed by atoms with van der Waals surface area (Å²) >= 11 is 0. The van der Waals surface area contributed by atoms with E-state index in [9.17, 15) is 19.8 Å². The summed E-state index contributed by atoms with van der Waals surface area (Å²) in [6.07, 6.45) is 26.2. The van der Waals surface area contributed by atoms with Gasteiger partial charge in [0.2, 0.25) is 0 Å². The maximum absolute atomic E-state index is 12.2. The molecule has 0 amide bonds. The van der Waals surface area contributed by atoms with E-state index in [1.54, 1.807) is 0 Å². The Bertz CT molecular complexity index is 1180. The Kier molecular flexibility index (Phi) is 14.0. The van der Waals surface area contributed by atoms with Crippen LogP contribution in [0.5, 0.6) is 0 Å². The van der Waals surface area contributed by atoms with Gasteiger partial charge in [0.25, 0.3) is 0 Å². The van der Waals surface area contributed by atoms with Crippen LogP contribution in [0.25, 0.3) is 0 Å². The zero-order valence-corrected chi connectivity index (χ0v) is 31.4. The van der Waals surface area contributed by atoms with Gasteiger partial charge in [-0.05, 0) is 106 Å². The zero-order chi connectivity index (χ0) is 35.0. The highest BCUT2D eigenvalue weighted by atomic mass is 16.5. The van der Waals surface area contributed by atoms with Crippen LogP contribution >= 0.6 is 0 Å². The van der Waals surface area contributed by atoms with Gasteiger partial charge in [-0.25, -0.2) is 0 Å². The van der Waals surface area contributed by atoms with E-state index in [0.29, 0.717) is 23.5 Å². The third-order valence-electron chi connectivity index (χ3n) is 12.9. The fourth-order valence-electron chi connectivity index (χ4n) is 9.36. The monoisotopic (exact) mass is 653 g/mol. The summed E-state index contributed by atoms with van der Waals surface area (Å²) in [5, 5.41) is 20.7. The zero-order valence-electron chi connectivity index (χ0n) is 31.4. The van der Waals surface area contributed by atoms with Crippen molar-refractivity contribution in [1.29, 1.82) is 0 Å². The number of Topliss-reactive ketones (excluding diaryl/α,β-unsaturated/α-hetero) is 1. The maximum Gasteiger partial charge on any atom is 0.302 e. The molecular formula is C42H68O5. The summed E-state index contributed by atoms with van der Waals surface area (Å²) in [4.78, 5) is 23.6. The molecule has 4 aliphatic carbocycles. The molecule has 0 aliphatic heterocycles. The van der Waals surface area contributed by atoms with E-state index >= 15 is 0 Å². The first kappa shape index (κ1) is 39.5. The Hall–Kier alpha value is -1.98. The lowest BCUT2D eigenvalue weighted by atomic mass is 9.63. The molecule has 5 nitrogen and oxygen atoms in total. The van der Waals surface area contributed by atoms with Crippen molar-refractivity contribution in [3.8, 4) is 0 Å². The summed E-state index contributed by atoms with van der Waals surface area (Å²) in [5.74, 6) is 1.88. The van der Waals surface area contributed by atoms with Gasteiger partial charge in [0, 0.05) is 25.2 Å². The molecule has 0 bridgehead atoms. The average Bonchev–Trinajstić information content (AvgIpc) is 3.59. The highest BCUT2D eigenvalue weighted by molar-refractivity contribution is 5.84. The molecular weight excluding hydrogens is 584 g/mol. The van der Waals surface area contributed by atoms with Gasteiger partial charge in [-0.3, -0.25) is 9.59 Å². The first-order valence-corrected chi connectivity index (χ1v) is 19.0. The lowest BCUT2D eigenvalue weighted by Crippen LogP contribution is -2.41. The van der Waals surface area contributed by atoms with Gasteiger partial charge in [0.1, 0.15) is 11.9 Å². The standard InChI is InChI=1S/C22H36O3.C20H32O2/c1-6-22(24,7-2)15-8-10-16(3)18-12-13-19-20(25-17(4)23)11-9-14-21(18,19)5;1-5-20(22,6-2)14-7-9-15(3)16-11-12-17-18(21)10-8-13-19(16,17)4/h8,12,15-16,19-20,24H,6-7,9-11,13-14H2,1-5H3;7,11,14-15,17,22H,5-6,8-10,12-13H2,1-4H3/b15-8+;14-7+/t16-,19?,20-,21+;15-,17?,19+/m00/s1. The Balaban J connectivity index is 0.000000257. The number of hydrogen-bond donors (Lipinski definition) is 2. The minimum atomic E-state index is -0.665.